The van der Waals surface area contributed by atoms with Crippen LogP contribution < -0.4 is 4.72 Å². The van der Waals surface area contributed by atoms with Crippen molar-refractivity contribution < 1.29 is 22.7 Å². The Kier molecular flexibility index (Phi) is 6.33. The number of halogens is 1. The molecule has 0 aromatic heterocycles. The Bertz CT molecular complexity index is 865. The second kappa shape index (κ2) is 8.26. The lowest BCUT2D eigenvalue weighted by atomic mass is 10.0. The first-order chi connectivity index (χ1) is 11.9. The molecule has 2 aromatic carbocycles. The monoisotopic (exact) mass is 425 g/mol. The Balaban J connectivity index is 2.27. The number of nitrogens with one attached hydrogen (secondary N) is 1. The standard InChI is InChI=1S/C17H16BrNO5S/c1-2-24-17(21)16(11-20)12-4-3-5-14(10-12)19-25(22,23)15-8-6-13(18)7-9-15/h3-11,16,19H,2H2,1H3. The smallest absolute Gasteiger partial charge is 0.320 e. The molecule has 0 aliphatic carbocycles. The van der Waals surface area contributed by atoms with E-state index in [9.17, 15) is 18.0 Å². The Morgan fingerprint density at radius 2 is 1.92 bits per heavy atom. The number of carbonyl (C=O) groups is 2. The van der Waals surface area contributed by atoms with E-state index in [4.69, 9.17) is 4.74 Å². The third-order valence-corrected chi connectivity index (χ3v) is 5.22. The number of esters is 1. The molecule has 0 saturated carbocycles. The van der Waals surface area contributed by atoms with Crippen LogP contribution in [-0.2, 0) is 24.3 Å². The van der Waals surface area contributed by atoms with Crippen molar-refractivity contribution in [1.82, 2.24) is 0 Å². The molecule has 25 heavy (non-hydrogen) atoms. The average Bonchev–Trinajstić information content (AvgIpc) is 2.56. The van der Waals surface area contributed by atoms with E-state index in [1.807, 2.05) is 0 Å². The van der Waals surface area contributed by atoms with Gasteiger partial charge in [-0.15, -0.1) is 0 Å². The minimum Gasteiger partial charge on any atom is -0.465 e. The fraction of sp³-hybridized carbons (Fsp3) is 0.176. The van der Waals surface area contributed by atoms with Crippen LogP contribution in [0.3, 0.4) is 0 Å². The van der Waals surface area contributed by atoms with E-state index in [-0.39, 0.29) is 17.2 Å². The Labute approximate surface area is 154 Å². The summed E-state index contributed by atoms with van der Waals surface area (Å²) in [5.74, 6) is -1.78. The Morgan fingerprint density at radius 3 is 2.52 bits per heavy atom. The Morgan fingerprint density at radius 1 is 1.24 bits per heavy atom. The number of benzene rings is 2. The lowest BCUT2D eigenvalue weighted by molar-refractivity contribution is -0.146. The molecule has 1 atom stereocenters. The summed E-state index contributed by atoms with van der Waals surface area (Å²) in [7, 11) is -3.79. The summed E-state index contributed by atoms with van der Waals surface area (Å²) in [5, 5.41) is 0. The summed E-state index contributed by atoms with van der Waals surface area (Å²) < 4.78 is 32.9. The molecule has 0 aliphatic rings. The lowest BCUT2D eigenvalue weighted by Crippen LogP contribution is -2.18. The SMILES string of the molecule is CCOC(=O)C(C=O)c1cccc(NS(=O)(=O)c2ccc(Br)cc2)c1. The topological polar surface area (TPSA) is 89.5 Å². The quantitative estimate of drug-likeness (QED) is 0.418. The maximum absolute atomic E-state index is 12.4. The largest absolute Gasteiger partial charge is 0.465 e. The van der Waals surface area contributed by atoms with Crippen molar-refractivity contribution in [3.8, 4) is 0 Å². The third kappa shape index (κ3) is 4.90. The second-order valence-electron chi connectivity index (χ2n) is 5.05. The van der Waals surface area contributed by atoms with Crippen LogP contribution in [0, 0.1) is 0 Å². The molecule has 0 spiro atoms. The minimum absolute atomic E-state index is 0.0958. The van der Waals surface area contributed by atoms with Gasteiger partial charge in [0, 0.05) is 10.2 Å². The van der Waals surface area contributed by atoms with Crippen LogP contribution in [0.4, 0.5) is 5.69 Å². The van der Waals surface area contributed by atoms with Crippen molar-refractivity contribution >= 4 is 43.9 Å². The average molecular weight is 426 g/mol. The first-order valence-electron chi connectivity index (χ1n) is 7.37. The highest BCUT2D eigenvalue weighted by molar-refractivity contribution is 9.10. The molecule has 132 valence electrons. The van der Waals surface area contributed by atoms with E-state index in [1.165, 1.54) is 24.3 Å². The summed E-state index contributed by atoms with van der Waals surface area (Å²) >= 11 is 3.25. The summed E-state index contributed by atoms with van der Waals surface area (Å²) in [6, 6.07) is 12.3. The van der Waals surface area contributed by atoms with Gasteiger partial charge < -0.3 is 9.53 Å². The van der Waals surface area contributed by atoms with Crippen LogP contribution in [0.5, 0.6) is 0 Å². The molecule has 0 heterocycles. The zero-order chi connectivity index (χ0) is 18.4. The molecule has 1 unspecified atom stereocenters. The van der Waals surface area contributed by atoms with Gasteiger partial charge in [0.05, 0.1) is 11.5 Å². The van der Waals surface area contributed by atoms with Gasteiger partial charge in [-0.1, -0.05) is 28.1 Å². The minimum atomic E-state index is -3.79. The van der Waals surface area contributed by atoms with Crippen molar-refractivity contribution in [3.05, 3.63) is 58.6 Å². The van der Waals surface area contributed by atoms with Crippen molar-refractivity contribution in [2.45, 2.75) is 17.7 Å². The summed E-state index contributed by atoms with van der Waals surface area (Å²) in [6.07, 6.45) is 0.473. The van der Waals surface area contributed by atoms with Crippen LogP contribution in [0.2, 0.25) is 0 Å². The molecule has 0 aliphatic heterocycles. The van der Waals surface area contributed by atoms with E-state index in [0.717, 1.165) is 4.47 Å². The van der Waals surface area contributed by atoms with Crippen LogP contribution in [0.25, 0.3) is 0 Å². The second-order valence-corrected chi connectivity index (χ2v) is 7.65. The summed E-state index contributed by atoms with van der Waals surface area (Å²) in [6.45, 7) is 1.79. The molecule has 8 heteroatoms. The van der Waals surface area contributed by atoms with Gasteiger partial charge in [-0.05, 0) is 48.9 Å². The van der Waals surface area contributed by atoms with Crippen LogP contribution in [0.1, 0.15) is 18.4 Å². The van der Waals surface area contributed by atoms with Gasteiger partial charge in [0.25, 0.3) is 10.0 Å². The van der Waals surface area contributed by atoms with Gasteiger partial charge in [0.2, 0.25) is 0 Å². The fourth-order valence-corrected chi connectivity index (χ4v) is 3.44. The van der Waals surface area contributed by atoms with Crippen molar-refractivity contribution in [3.63, 3.8) is 0 Å². The third-order valence-electron chi connectivity index (χ3n) is 3.30. The molecule has 6 nitrogen and oxygen atoms in total. The number of sulfonamides is 1. The number of carbonyl (C=O) groups excluding carboxylic acids is 2. The molecule has 0 radical (unpaired) electrons. The molecule has 2 aromatic rings. The van der Waals surface area contributed by atoms with Gasteiger partial charge in [-0.2, -0.15) is 0 Å². The van der Waals surface area contributed by atoms with Gasteiger partial charge in [0.1, 0.15) is 12.2 Å². The van der Waals surface area contributed by atoms with Gasteiger partial charge >= 0.3 is 5.97 Å². The Hall–Kier alpha value is -2.19. The van der Waals surface area contributed by atoms with Crippen LogP contribution >= 0.6 is 15.9 Å². The van der Waals surface area contributed by atoms with E-state index >= 15 is 0 Å². The zero-order valence-corrected chi connectivity index (χ0v) is 15.7. The number of aldehydes is 1. The molecular formula is C17H16BrNO5S. The van der Waals surface area contributed by atoms with Crippen molar-refractivity contribution in [2.24, 2.45) is 0 Å². The molecule has 0 bridgehead atoms. The lowest BCUT2D eigenvalue weighted by Gasteiger charge is -2.13. The highest BCUT2D eigenvalue weighted by atomic mass is 79.9. The van der Waals surface area contributed by atoms with E-state index < -0.39 is 21.9 Å². The first-order valence-corrected chi connectivity index (χ1v) is 9.65. The van der Waals surface area contributed by atoms with Crippen LogP contribution in [-0.4, -0.2) is 27.3 Å². The predicted octanol–water partition coefficient (Wildman–Crippen LogP) is 3.10. The number of rotatable bonds is 7. The first kappa shape index (κ1) is 19.1. The summed E-state index contributed by atoms with van der Waals surface area (Å²) in [4.78, 5) is 23.2. The molecule has 0 saturated heterocycles. The van der Waals surface area contributed by atoms with Crippen molar-refractivity contribution in [1.29, 1.82) is 0 Å². The predicted molar refractivity (Wildman–Crippen MR) is 96.8 cm³/mol. The molecule has 2 rings (SSSR count). The maximum atomic E-state index is 12.4. The van der Waals surface area contributed by atoms with Gasteiger partial charge in [0.15, 0.2) is 0 Å². The van der Waals surface area contributed by atoms with E-state index in [0.29, 0.717) is 11.8 Å². The molecule has 0 fully saturated rings. The zero-order valence-electron chi connectivity index (χ0n) is 13.3. The highest BCUT2D eigenvalue weighted by Gasteiger charge is 2.22. The number of hydrogen-bond donors (Lipinski definition) is 1. The van der Waals surface area contributed by atoms with E-state index in [2.05, 4.69) is 20.7 Å². The van der Waals surface area contributed by atoms with E-state index in [1.54, 1.807) is 31.2 Å². The molecule has 1 N–H and O–H groups in total. The highest BCUT2D eigenvalue weighted by Crippen LogP contribution is 2.23. The van der Waals surface area contributed by atoms with Gasteiger partial charge in [-0.3, -0.25) is 9.52 Å². The number of anilines is 1. The van der Waals surface area contributed by atoms with Crippen LogP contribution in [0.15, 0.2) is 57.9 Å². The van der Waals surface area contributed by atoms with Gasteiger partial charge in [-0.25, -0.2) is 8.42 Å². The number of ether oxygens (including phenoxy) is 1. The molecular weight excluding hydrogens is 410 g/mol. The van der Waals surface area contributed by atoms with Crippen molar-refractivity contribution in [2.75, 3.05) is 11.3 Å². The fourth-order valence-electron chi connectivity index (χ4n) is 2.13. The number of hydrogen-bond acceptors (Lipinski definition) is 5. The summed E-state index contributed by atoms with van der Waals surface area (Å²) in [5.41, 5.74) is 0.598. The molecule has 0 amide bonds. The maximum Gasteiger partial charge on any atom is 0.320 e. The normalized spacial score (nSPS) is 12.2.